The molecule has 0 radical (unpaired) electrons. The second kappa shape index (κ2) is 8.26. The molecule has 0 aliphatic carbocycles. The van der Waals surface area contributed by atoms with E-state index in [-0.39, 0.29) is 35.7 Å². The smallest absolute Gasteiger partial charge is 0.331 e. The van der Waals surface area contributed by atoms with E-state index in [0.29, 0.717) is 18.0 Å². The molecule has 1 aliphatic rings. The van der Waals surface area contributed by atoms with Crippen molar-refractivity contribution >= 4 is 34.3 Å². The quantitative estimate of drug-likeness (QED) is 0.651. The number of likely N-dealkylation sites (tertiary alicyclic amines) is 1. The molecule has 0 saturated carbocycles. The van der Waals surface area contributed by atoms with Crippen LogP contribution in [0.5, 0.6) is 0 Å². The highest BCUT2D eigenvalue weighted by molar-refractivity contribution is 7.13. The Kier molecular flexibility index (Phi) is 5.65. The summed E-state index contributed by atoms with van der Waals surface area (Å²) in [6, 6.07) is 3.59. The van der Waals surface area contributed by atoms with Crippen LogP contribution in [-0.4, -0.2) is 48.4 Å². The molecule has 0 bridgehead atoms. The maximum absolute atomic E-state index is 13.3. The summed E-state index contributed by atoms with van der Waals surface area (Å²) in [6.07, 6.45) is 2.97. The van der Waals surface area contributed by atoms with Gasteiger partial charge < -0.3 is 10.6 Å². The van der Waals surface area contributed by atoms with Crippen LogP contribution in [0.1, 0.15) is 56.6 Å². The fourth-order valence-electron chi connectivity index (χ4n) is 4.17. The molecule has 1 aliphatic heterocycles. The van der Waals surface area contributed by atoms with Gasteiger partial charge in [0.1, 0.15) is 12.1 Å². The SMILES string of the molecule is CC(C)n1c(=O)n(CC(=O)N2CCCC[C@H]2C)c2c(C(N)=O)nc(-c3cccs3)nc21. The predicted octanol–water partition coefficient (Wildman–Crippen LogP) is 2.40. The fourth-order valence-corrected chi connectivity index (χ4v) is 4.83. The molecule has 1 fully saturated rings. The molecule has 3 aromatic heterocycles. The first-order valence-electron chi connectivity index (χ1n) is 10.5. The molecule has 4 heterocycles. The Labute approximate surface area is 183 Å². The lowest BCUT2D eigenvalue weighted by Gasteiger charge is -2.33. The van der Waals surface area contributed by atoms with Crippen LogP contribution in [-0.2, 0) is 11.3 Å². The van der Waals surface area contributed by atoms with Crippen molar-refractivity contribution in [1.82, 2.24) is 24.0 Å². The second-order valence-electron chi connectivity index (χ2n) is 8.17. The fraction of sp³-hybridized carbons (Fsp3) is 0.476. The molecule has 2 N–H and O–H groups in total. The Morgan fingerprint density at radius 1 is 1.29 bits per heavy atom. The van der Waals surface area contributed by atoms with Crippen molar-refractivity contribution in [3.8, 4) is 10.7 Å². The minimum absolute atomic E-state index is 0.0515. The molecule has 1 saturated heterocycles. The van der Waals surface area contributed by atoms with Crippen LogP contribution in [0.4, 0.5) is 0 Å². The van der Waals surface area contributed by atoms with E-state index in [2.05, 4.69) is 9.97 Å². The van der Waals surface area contributed by atoms with Crippen molar-refractivity contribution in [2.24, 2.45) is 5.73 Å². The van der Waals surface area contributed by atoms with Crippen molar-refractivity contribution in [1.29, 1.82) is 0 Å². The maximum atomic E-state index is 13.3. The molecular formula is C21H26N6O3S. The molecule has 0 spiro atoms. The van der Waals surface area contributed by atoms with Crippen LogP contribution >= 0.6 is 11.3 Å². The number of nitrogens with two attached hydrogens (primary N) is 1. The molecular weight excluding hydrogens is 416 g/mol. The summed E-state index contributed by atoms with van der Waals surface area (Å²) < 4.78 is 2.80. The van der Waals surface area contributed by atoms with E-state index < -0.39 is 11.6 Å². The standard InChI is InChI=1S/C21H26N6O3S/c1-12(2)27-20-17(16(18(22)29)23-19(24-20)14-8-6-10-31-14)26(21(27)30)11-15(28)25-9-5-4-7-13(25)3/h6,8,10,12-13H,4-5,7,9,11H2,1-3H3,(H2,22,29)/t13-/m1/s1. The number of piperidine rings is 1. The summed E-state index contributed by atoms with van der Waals surface area (Å²) in [4.78, 5) is 50.3. The zero-order valence-corrected chi connectivity index (χ0v) is 18.7. The lowest BCUT2D eigenvalue weighted by atomic mass is 10.0. The van der Waals surface area contributed by atoms with Gasteiger partial charge >= 0.3 is 5.69 Å². The van der Waals surface area contributed by atoms with Crippen LogP contribution in [0.3, 0.4) is 0 Å². The minimum atomic E-state index is -0.765. The molecule has 0 aromatic carbocycles. The average molecular weight is 443 g/mol. The van der Waals surface area contributed by atoms with Crippen LogP contribution in [0.2, 0.25) is 0 Å². The van der Waals surface area contributed by atoms with E-state index >= 15 is 0 Å². The number of hydrogen-bond acceptors (Lipinski definition) is 6. The van der Waals surface area contributed by atoms with Gasteiger partial charge in [-0.2, -0.15) is 0 Å². The number of carbonyl (C=O) groups excluding carboxylic acids is 2. The van der Waals surface area contributed by atoms with Gasteiger partial charge in [-0.3, -0.25) is 18.7 Å². The lowest BCUT2D eigenvalue weighted by Crippen LogP contribution is -2.44. The van der Waals surface area contributed by atoms with Gasteiger partial charge in [-0.25, -0.2) is 14.8 Å². The summed E-state index contributed by atoms with van der Waals surface area (Å²) in [5, 5.41) is 1.88. The second-order valence-corrected chi connectivity index (χ2v) is 9.12. The molecule has 2 amide bonds. The summed E-state index contributed by atoms with van der Waals surface area (Å²) in [7, 11) is 0. The first kappa shape index (κ1) is 21.2. The van der Waals surface area contributed by atoms with Crippen molar-refractivity contribution in [3.05, 3.63) is 33.7 Å². The van der Waals surface area contributed by atoms with Crippen LogP contribution in [0, 0.1) is 0 Å². The maximum Gasteiger partial charge on any atom is 0.331 e. The Bertz CT molecular complexity index is 1190. The number of fused-ring (bicyclic) bond motifs is 1. The Morgan fingerprint density at radius 3 is 2.68 bits per heavy atom. The number of amides is 2. The number of imidazole rings is 1. The first-order chi connectivity index (χ1) is 14.8. The van der Waals surface area contributed by atoms with Gasteiger partial charge in [-0.05, 0) is 51.5 Å². The normalized spacial score (nSPS) is 16.9. The zero-order valence-electron chi connectivity index (χ0n) is 17.9. The van der Waals surface area contributed by atoms with Crippen molar-refractivity contribution in [2.75, 3.05) is 6.54 Å². The summed E-state index contributed by atoms with van der Waals surface area (Å²) in [5.74, 6) is -0.590. The molecule has 31 heavy (non-hydrogen) atoms. The molecule has 0 unspecified atom stereocenters. The Hall–Kier alpha value is -3.01. The number of primary amides is 1. The number of carbonyl (C=O) groups is 2. The van der Waals surface area contributed by atoms with Gasteiger partial charge in [0.05, 0.1) is 4.88 Å². The van der Waals surface area contributed by atoms with E-state index in [0.717, 1.165) is 24.1 Å². The first-order valence-corrected chi connectivity index (χ1v) is 11.3. The monoisotopic (exact) mass is 442 g/mol. The number of thiophene rings is 1. The van der Waals surface area contributed by atoms with E-state index in [1.54, 1.807) is 4.90 Å². The van der Waals surface area contributed by atoms with Crippen molar-refractivity contribution in [3.63, 3.8) is 0 Å². The number of nitrogens with zero attached hydrogens (tertiary/aromatic N) is 5. The van der Waals surface area contributed by atoms with Crippen LogP contribution < -0.4 is 11.4 Å². The lowest BCUT2D eigenvalue weighted by molar-refractivity contribution is -0.135. The van der Waals surface area contributed by atoms with Gasteiger partial charge in [-0.15, -0.1) is 11.3 Å². The molecule has 10 heteroatoms. The largest absolute Gasteiger partial charge is 0.364 e. The highest BCUT2D eigenvalue weighted by Crippen LogP contribution is 2.26. The predicted molar refractivity (Wildman–Crippen MR) is 119 cm³/mol. The van der Waals surface area contributed by atoms with Gasteiger partial charge in [0.25, 0.3) is 5.91 Å². The van der Waals surface area contributed by atoms with Crippen molar-refractivity contribution < 1.29 is 9.59 Å². The summed E-state index contributed by atoms with van der Waals surface area (Å²) >= 11 is 1.43. The van der Waals surface area contributed by atoms with Gasteiger partial charge in [-0.1, -0.05) is 6.07 Å². The van der Waals surface area contributed by atoms with E-state index in [1.807, 2.05) is 38.3 Å². The van der Waals surface area contributed by atoms with Crippen molar-refractivity contribution in [2.45, 2.75) is 58.7 Å². The van der Waals surface area contributed by atoms with E-state index in [9.17, 15) is 14.4 Å². The minimum Gasteiger partial charge on any atom is -0.364 e. The van der Waals surface area contributed by atoms with Gasteiger partial charge in [0.15, 0.2) is 17.2 Å². The zero-order chi connectivity index (χ0) is 22.3. The Balaban J connectivity index is 1.91. The molecule has 4 rings (SSSR count). The van der Waals surface area contributed by atoms with Gasteiger partial charge in [0, 0.05) is 18.6 Å². The summed E-state index contributed by atoms with van der Waals surface area (Å²) in [6.45, 7) is 6.22. The van der Waals surface area contributed by atoms with E-state index in [4.69, 9.17) is 5.73 Å². The third-order valence-electron chi connectivity index (χ3n) is 5.71. The molecule has 3 aromatic rings. The third kappa shape index (κ3) is 3.76. The highest BCUT2D eigenvalue weighted by Gasteiger charge is 2.29. The third-order valence-corrected chi connectivity index (χ3v) is 6.57. The molecule has 164 valence electrons. The topological polar surface area (TPSA) is 116 Å². The summed E-state index contributed by atoms with van der Waals surface area (Å²) in [5.41, 5.74) is 5.73. The molecule has 1 atom stereocenters. The average Bonchev–Trinajstić information content (AvgIpc) is 3.34. The Morgan fingerprint density at radius 2 is 2.06 bits per heavy atom. The number of hydrogen-bond donors (Lipinski definition) is 1. The number of aromatic nitrogens is 4. The van der Waals surface area contributed by atoms with Gasteiger partial charge in [0.2, 0.25) is 5.91 Å². The number of rotatable bonds is 5. The highest BCUT2D eigenvalue weighted by atomic mass is 32.1. The van der Waals surface area contributed by atoms with E-state index in [1.165, 1.54) is 20.5 Å². The van der Waals surface area contributed by atoms with Crippen LogP contribution in [0.25, 0.3) is 21.9 Å². The van der Waals surface area contributed by atoms with Crippen LogP contribution in [0.15, 0.2) is 22.3 Å². The molecule has 9 nitrogen and oxygen atoms in total.